The third-order valence-corrected chi connectivity index (χ3v) is 1.68. The summed E-state index contributed by atoms with van der Waals surface area (Å²) in [6.45, 7) is 0. The molecule has 0 aliphatic rings. The summed E-state index contributed by atoms with van der Waals surface area (Å²) in [5.41, 5.74) is 3.52. The van der Waals surface area contributed by atoms with Crippen molar-refractivity contribution in [1.29, 1.82) is 0 Å². The number of rotatable bonds is 3. The van der Waals surface area contributed by atoms with E-state index in [1.807, 2.05) is 24.3 Å². The summed E-state index contributed by atoms with van der Waals surface area (Å²) in [7, 11) is 1.63. The quantitative estimate of drug-likeness (QED) is 0.357. The van der Waals surface area contributed by atoms with E-state index in [1.165, 1.54) is 0 Å². The van der Waals surface area contributed by atoms with Crippen molar-refractivity contribution in [2.45, 2.75) is 0 Å². The van der Waals surface area contributed by atoms with Crippen LogP contribution in [0.1, 0.15) is 5.56 Å². The van der Waals surface area contributed by atoms with Crippen molar-refractivity contribution in [1.82, 2.24) is 5.43 Å². The number of nitrogens with zero attached hydrogens (tertiary/aromatic N) is 1. The number of ether oxygens (including phenoxy) is 1. The summed E-state index contributed by atoms with van der Waals surface area (Å²) in [5.74, 6) is 0.819. The first-order chi connectivity index (χ1) is 6.72. The second kappa shape index (κ2) is 5.62. The van der Waals surface area contributed by atoms with E-state index in [9.17, 15) is 0 Å². The van der Waals surface area contributed by atoms with Gasteiger partial charge in [0, 0.05) is 0 Å². The summed E-state index contributed by atoms with van der Waals surface area (Å²) in [4.78, 5) is 0. The Morgan fingerprint density at radius 1 is 1.50 bits per heavy atom. The summed E-state index contributed by atoms with van der Waals surface area (Å²) < 4.78 is 5.36. The number of methoxy groups -OCH3 is 1. The zero-order valence-electron chi connectivity index (χ0n) is 7.60. The fraction of sp³-hybridized carbons (Fsp3) is 0.111. The van der Waals surface area contributed by atoms with E-state index in [-0.39, 0.29) is 0 Å². The third-order valence-electron chi connectivity index (χ3n) is 1.49. The highest BCUT2D eigenvalue weighted by Crippen LogP contribution is 2.09. The van der Waals surface area contributed by atoms with Crippen LogP contribution in [0, 0.1) is 0 Å². The van der Waals surface area contributed by atoms with Gasteiger partial charge in [0.05, 0.1) is 13.3 Å². The zero-order valence-corrected chi connectivity index (χ0v) is 9.31. The van der Waals surface area contributed by atoms with E-state index in [4.69, 9.17) is 4.74 Å². The Morgan fingerprint density at radius 2 is 2.14 bits per heavy atom. The molecule has 74 valence electrons. The van der Waals surface area contributed by atoms with Gasteiger partial charge in [0.2, 0.25) is 0 Å². The predicted molar refractivity (Wildman–Crippen MR) is 65.3 cm³/mol. The summed E-state index contributed by atoms with van der Waals surface area (Å²) in [6, 6.07) is 7.51. The molecule has 0 saturated carbocycles. The second-order valence-electron chi connectivity index (χ2n) is 2.45. The van der Waals surface area contributed by atoms with Gasteiger partial charge in [0.1, 0.15) is 5.75 Å². The van der Waals surface area contributed by atoms with Crippen LogP contribution >= 0.6 is 24.8 Å². The number of hydrogen-bond acceptors (Lipinski definition) is 3. The molecule has 1 aromatic rings. The Balaban J connectivity index is 2.59. The first-order valence-corrected chi connectivity index (χ1v) is 4.74. The first-order valence-electron chi connectivity index (χ1n) is 3.88. The predicted octanol–water partition coefficient (Wildman–Crippen LogP) is 1.83. The second-order valence-corrected chi connectivity index (χ2v) is 3.61. The Morgan fingerprint density at radius 3 is 2.64 bits per heavy atom. The van der Waals surface area contributed by atoms with Gasteiger partial charge in [-0.05, 0) is 29.8 Å². The fourth-order valence-corrected chi connectivity index (χ4v) is 0.962. The Hall–Kier alpha value is -1.07. The van der Waals surface area contributed by atoms with Gasteiger partial charge in [-0.1, -0.05) is 12.2 Å². The highest BCUT2D eigenvalue weighted by atomic mass is 32.1. The molecule has 0 aromatic heterocycles. The van der Waals surface area contributed by atoms with Crippen LogP contribution in [0.15, 0.2) is 29.4 Å². The summed E-state index contributed by atoms with van der Waals surface area (Å²) >= 11 is 8.53. The van der Waals surface area contributed by atoms with E-state index in [1.54, 1.807) is 13.3 Å². The molecule has 0 fully saturated rings. The molecule has 0 spiro atoms. The van der Waals surface area contributed by atoms with E-state index >= 15 is 0 Å². The minimum Gasteiger partial charge on any atom is -0.497 e. The van der Waals surface area contributed by atoms with Crippen LogP contribution in [0.2, 0.25) is 0 Å². The average Bonchev–Trinajstić information content (AvgIpc) is 2.18. The van der Waals surface area contributed by atoms with Crippen molar-refractivity contribution in [3.05, 3.63) is 29.8 Å². The van der Waals surface area contributed by atoms with Crippen molar-refractivity contribution in [2.24, 2.45) is 5.10 Å². The minimum absolute atomic E-state index is 0.342. The topological polar surface area (TPSA) is 33.6 Å². The molecule has 0 atom stereocenters. The van der Waals surface area contributed by atoms with E-state index in [0.717, 1.165) is 11.3 Å². The van der Waals surface area contributed by atoms with Gasteiger partial charge in [-0.25, -0.2) is 0 Å². The van der Waals surface area contributed by atoms with Gasteiger partial charge in [-0.3, -0.25) is 5.43 Å². The molecule has 1 N–H and O–H groups in total. The SMILES string of the molecule is COc1ccc(/C=N/NC(=S)S)cc1. The van der Waals surface area contributed by atoms with Crippen LogP contribution in [0.5, 0.6) is 5.75 Å². The van der Waals surface area contributed by atoms with Crippen LogP contribution in [0.25, 0.3) is 0 Å². The molecular weight excluding hydrogens is 216 g/mol. The lowest BCUT2D eigenvalue weighted by Crippen LogP contribution is -2.07. The lowest BCUT2D eigenvalue weighted by molar-refractivity contribution is 0.415. The third kappa shape index (κ3) is 3.76. The number of thiocarbonyl (C=S) groups is 1. The van der Waals surface area contributed by atoms with Gasteiger partial charge < -0.3 is 4.74 Å². The average molecular weight is 226 g/mol. The summed E-state index contributed by atoms with van der Waals surface area (Å²) in [6.07, 6.45) is 1.65. The van der Waals surface area contributed by atoms with Crippen LogP contribution in [-0.2, 0) is 0 Å². The van der Waals surface area contributed by atoms with Crippen LogP contribution in [-0.4, -0.2) is 17.6 Å². The van der Waals surface area contributed by atoms with E-state index in [0.29, 0.717) is 4.32 Å². The highest BCUT2D eigenvalue weighted by molar-refractivity contribution is 8.11. The number of hydrogen-bond donors (Lipinski definition) is 2. The van der Waals surface area contributed by atoms with Crippen molar-refractivity contribution in [2.75, 3.05) is 7.11 Å². The molecule has 0 radical (unpaired) electrons. The molecule has 0 unspecified atom stereocenters. The molecule has 0 heterocycles. The maximum absolute atomic E-state index is 5.02. The molecule has 0 saturated heterocycles. The van der Waals surface area contributed by atoms with Gasteiger partial charge in [-0.15, -0.1) is 12.6 Å². The van der Waals surface area contributed by atoms with Crippen molar-refractivity contribution in [3.63, 3.8) is 0 Å². The minimum atomic E-state index is 0.342. The zero-order chi connectivity index (χ0) is 10.4. The first kappa shape index (κ1) is 11.0. The van der Waals surface area contributed by atoms with Crippen LogP contribution < -0.4 is 10.2 Å². The van der Waals surface area contributed by atoms with Crippen LogP contribution in [0.4, 0.5) is 0 Å². The molecule has 0 amide bonds. The molecule has 1 aromatic carbocycles. The molecule has 14 heavy (non-hydrogen) atoms. The van der Waals surface area contributed by atoms with E-state index in [2.05, 4.69) is 35.4 Å². The van der Waals surface area contributed by atoms with Gasteiger partial charge in [0.15, 0.2) is 4.32 Å². The maximum Gasteiger partial charge on any atom is 0.150 e. The molecule has 3 nitrogen and oxygen atoms in total. The van der Waals surface area contributed by atoms with E-state index < -0.39 is 0 Å². The standard InChI is InChI=1S/C9H10N2OS2/c1-12-8-4-2-7(3-5-8)6-10-11-9(13)14/h2-6H,1H3,(H2,11,13,14)/b10-6+. The van der Waals surface area contributed by atoms with Gasteiger partial charge in [-0.2, -0.15) is 5.10 Å². The van der Waals surface area contributed by atoms with Crippen molar-refractivity contribution >= 4 is 35.4 Å². The molecule has 0 aliphatic heterocycles. The monoisotopic (exact) mass is 226 g/mol. The normalized spacial score (nSPS) is 10.1. The van der Waals surface area contributed by atoms with Gasteiger partial charge >= 0.3 is 0 Å². The Bertz CT molecular complexity index is 335. The van der Waals surface area contributed by atoms with Crippen LogP contribution in [0.3, 0.4) is 0 Å². The number of thiol groups is 1. The maximum atomic E-state index is 5.02. The number of hydrazone groups is 1. The smallest absolute Gasteiger partial charge is 0.150 e. The lowest BCUT2D eigenvalue weighted by atomic mass is 10.2. The summed E-state index contributed by atoms with van der Waals surface area (Å²) in [5, 5.41) is 3.86. The Labute approximate surface area is 93.6 Å². The molecule has 0 bridgehead atoms. The van der Waals surface area contributed by atoms with Crippen molar-refractivity contribution in [3.8, 4) is 5.75 Å². The molecule has 1 rings (SSSR count). The largest absolute Gasteiger partial charge is 0.497 e. The molecular formula is C9H10N2OS2. The molecule has 5 heteroatoms. The van der Waals surface area contributed by atoms with Gasteiger partial charge in [0.25, 0.3) is 0 Å². The van der Waals surface area contributed by atoms with Crippen molar-refractivity contribution < 1.29 is 4.74 Å². The number of nitrogens with one attached hydrogen (secondary N) is 1. The Kier molecular flexibility index (Phi) is 4.42. The lowest BCUT2D eigenvalue weighted by Gasteiger charge is -1.98. The number of benzene rings is 1. The fourth-order valence-electron chi connectivity index (χ4n) is 0.852. The highest BCUT2D eigenvalue weighted by Gasteiger charge is 1.90. The molecule has 0 aliphatic carbocycles.